The summed E-state index contributed by atoms with van der Waals surface area (Å²) in [6.45, 7) is 3.24. The van der Waals surface area contributed by atoms with E-state index in [-0.39, 0.29) is 11.5 Å². The van der Waals surface area contributed by atoms with E-state index in [1.54, 1.807) is 31.3 Å². The van der Waals surface area contributed by atoms with Crippen molar-refractivity contribution >= 4 is 10.0 Å². The van der Waals surface area contributed by atoms with Gasteiger partial charge in [-0.25, -0.2) is 12.7 Å². The first kappa shape index (κ1) is 17.9. The number of aliphatic hydroxyl groups excluding tert-OH is 1. The number of hydrogen-bond acceptors (Lipinski definition) is 4. The standard InChI is InChI=1S/C15H25NO4S/c1-3-13-20-14-7-9-15(10-8-14)21(18,19)16(2)11-5-4-6-12-17/h7-10,17H,3-6,11-13H2,1-2H3. The maximum atomic E-state index is 12.4. The summed E-state index contributed by atoms with van der Waals surface area (Å²) in [5.41, 5.74) is 0. The van der Waals surface area contributed by atoms with Gasteiger partial charge in [0.25, 0.3) is 0 Å². The molecule has 1 rings (SSSR count). The summed E-state index contributed by atoms with van der Waals surface area (Å²) < 4.78 is 31.5. The van der Waals surface area contributed by atoms with E-state index in [0.717, 1.165) is 19.3 Å². The van der Waals surface area contributed by atoms with Crippen LogP contribution in [0.1, 0.15) is 32.6 Å². The first-order chi connectivity index (χ1) is 10.0. The van der Waals surface area contributed by atoms with Crippen molar-refractivity contribution in [2.24, 2.45) is 0 Å². The average molecular weight is 315 g/mol. The summed E-state index contributed by atoms with van der Waals surface area (Å²) >= 11 is 0. The van der Waals surface area contributed by atoms with Crippen LogP contribution in [0.5, 0.6) is 5.75 Å². The molecule has 0 heterocycles. The molecule has 0 aliphatic heterocycles. The van der Waals surface area contributed by atoms with Crippen LogP contribution in [0.3, 0.4) is 0 Å². The number of sulfonamides is 1. The maximum absolute atomic E-state index is 12.4. The van der Waals surface area contributed by atoms with Gasteiger partial charge in [0.1, 0.15) is 5.75 Å². The van der Waals surface area contributed by atoms with E-state index in [0.29, 0.717) is 25.3 Å². The predicted octanol–water partition coefficient (Wildman–Crippen LogP) is 2.26. The Balaban J connectivity index is 2.64. The van der Waals surface area contributed by atoms with Crippen LogP contribution < -0.4 is 4.74 Å². The summed E-state index contributed by atoms with van der Waals surface area (Å²) in [5.74, 6) is 0.682. The van der Waals surface area contributed by atoms with Crippen molar-refractivity contribution in [3.05, 3.63) is 24.3 Å². The van der Waals surface area contributed by atoms with Crippen molar-refractivity contribution in [2.75, 3.05) is 26.8 Å². The van der Waals surface area contributed by atoms with Gasteiger partial charge in [-0.1, -0.05) is 6.92 Å². The van der Waals surface area contributed by atoms with Crippen molar-refractivity contribution in [3.63, 3.8) is 0 Å². The van der Waals surface area contributed by atoms with E-state index in [2.05, 4.69) is 0 Å². The maximum Gasteiger partial charge on any atom is 0.242 e. The fourth-order valence-electron chi connectivity index (χ4n) is 1.85. The predicted molar refractivity (Wildman–Crippen MR) is 83.0 cm³/mol. The minimum absolute atomic E-state index is 0.148. The van der Waals surface area contributed by atoms with Gasteiger partial charge in [0.05, 0.1) is 11.5 Å². The number of hydrogen-bond donors (Lipinski definition) is 1. The van der Waals surface area contributed by atoms with E-state index < -0.39 is 10.0 Å². The van der Waals surface area contributed by atoms with Crippen LogP contribution in [0.25, 0.3) is 0 Å². The molecule has 0 aromatic heterocycles. The third-order valence-electron chi connectivity index (χ3n) is 3.14. The molecule has 21 heavy (non-hydrogen) atoms. The second-order valence-corrected chi connectivity index (χ2v) is 6.98. The molecule has 0 aliphatic rings. The minimum atomic E-state index is -3.45. The SMILES string of the molecule is CCCOc1ccc(S(=O)(=O)N(C)CCCCCO)cc1. The van der Waals surface area contributed by atoms with Gasteiger partial charge in [-0.15, -0.1) is 0 Å². The highest BCUT2D eigenvalue weighted by Gasteiger charge is 2.20. The largest absolute Gasteiger partial charge is 0.494 e. The Labute approximate surface area is 127 Å². The lowest BCUT2D eigenvalue weighted by molar-refractivity contribution is 0.281. The second-order valence-electron chi connectivity index (χ2n) is 4.93. The number of unbranched alkanes of at least 4 members (excludes halogenated alkanes) is 2. The van der Waals surface area contributed by atoms with Crippen LogP contribution in [-0.4, -0.2) is 44.6 Å². The molecule has 6 heteroatoms. The van der Waals surface area contributed by atoms with Crippen molar-refractivity contribution in [3.8, 4) is 5.75 Å². The van der Waals surface area contributed by atoms with Gasteiger partial charge in [-0.3, -0.25) is 0 Å². The van der Waals surface area contributed by atoms with Gasteiger partial charge in [-0.2, -0.15) is 0 Å². The fourth-order valence-corrected chi connectivity index (χ4v) is 3.06. The molecule has 120 valence electrons. The number of benzene rings is 1. The molecular weight excluding hydrogens is 290 g/mol. The molecule has 1 N–H and O–H groups in total. The highest BCUT2D eigenvalue weighted by atomic mass is 32.2. The molecule has 1 aromatic rings. The van der Waals surface area contributed by atoms with Crippen molar-refractivity contribution in [2.45, 2.75) is 37.5 Å². The van der Waals surface area contributed by atoms with Crippen LogP contribution in [0.15, 0.2) is 29.2 Å². The average Bonchev–Trinajstić information content (AvgIpc) is 2.49. The number of rotatable bonds is 10. The lowest BCUT2D eigenvalue weighted by atomic mass is 10.2. The summed E-state index contributed by atoms with van der Waals surface area (Å²) in [7, 11) is -1.87. The monoisotopic (exact) mass is 315 g/mol. The molecular formula is C15H25NO4S. The molecule has 0 bridgehead atoms. The van der Waals surface area contributed by atoms with Crippen molar-refractivity contribution in [1.29, 1.82) is 0 Å². The molecule has 0 atom stereocenters. The van der Waals surface area contributed by atoms with Crippen LogP contribution >= 0.6 is 0 Å². The number of ether oxygens (including phenoxy) is 1. The van der Waals surface area contributed by atoms with Crippen LogP contribution in [0.4, 0.5) is 0 Å². The Morgan fingerprint density at radius 1 is 1.14 bits per heavy atom. The molecule has 0 fully saturated rings. The normalized spacial score (nSPS) is 11.8. The molecule has 0 saturated heterocycles. The Morgan fingerprint density at radius 3 is 2.38 bits per heavy atom. The van der Waals surface area contributed by atoms with Gasteiger partial charge in [0, 0.05) is 20.2 Å². The topological polar surface area (TPSA) is 66.8 Å². The number of aliphatic hydroxyl groups is 1. The van der Waals surface area contributed by atoms with Crippen LogP contribution in [-0.2, 0) is 10.0 Å². The van der Waals surface area contributed by atoms with E-state index >= 15 is 0 Å². The van der Waals surface area contributed by atoms with Gasteiger partial charge in [-0.05, 0) is 49.9 Å². The zero-order chi connectivity index (χ0) is 15.7. The molecule has 0 amide bonds. The zero-order valence-corrected chi connectivity index (χ0v) is 13.6. The van der Waals surface area contributed by atoms with E-state index in [9.17, 15) is 8.42 Å². The summed E-state index contributed by atoms with van der Waals surface area (Å²) in [6, 6.07) is 6.51. The first-order valence-corrected chi connectivity index (χ1v) is 8.76. The molecule has 1 aromatic carbocycles. The van der Waals surface area contributed by atoms with Gasteiger partial charge < -0.3 is 9.84 Å². The van der Waals surface area contributed by atoms with Crippen molar-refractivity contribution in [1.82, 2.24) is 4.31 Å². The molecule has 5 nitrogen and oxygen atoms in total. The minimum Gasteiger partial charge on any atom is -0.494 e. The molecule has 0 unspecified atom stereocenters. The Bertz CT molecular complexity index is 499. The van der Waals surface area contributed by atoms with Gasteiger partial charge >= 0.3 is 0 Å². The zero-order valence-electron chi connectivity index (χ0n) is 12.8. The lowest BCUT2D eigenvalue weighted by Crippen LogP contribution is -2.28. The van der Waals surface area contributed by atoms with Gasteiger partial charge in [0.2, 0.25) is 10.0 Å². The first-order valence-electron chi connectivity index (χ1n) is 7.32. The summed E-state index contributed by atoms with van der Waals surface area (Å²) in [6.07, 6.45) is 3.18. The van der Waals surface area contributed by atoms with Crippen LogP contribution in [0.2, 0.25) is 0 Å². The summed E-state index contributed by atoms with van der Waals surface area (Å²) in [5, 5.41) is 8.71. The quantitative estimate of drug-likeness (QED) is 0.673. The second kappa shape index (κ2) is 9.02. The highest BCUT2D eigenvalue weighted by molar-refractivity contribution is 7.89. The van der Waals surface area contributed by atoms with E-state index in [1.165, 1.54) is 4.31 Å². The molecule has 0 aliphatic carbocycles. The molecule has 0 spiro atoms. The van der Waals surface area contributed by atoms with E-state index in [4.69, 9.17) is 9.84 Å². The fraction of sp³-hybridized carbons (Fsp3) is 0.600. The summed E-state index contributed by atoms with van der Waals surface area (Å²) in [4.78, 5) is 0.274. The Kier molecular flexibility index (Phi) is 7.71. The Hall–Kier alpha value is -1.11. The van der Waals surface area contributed by atoms with Gasteiger partial charge in [0.15, 0.2) is 0 Å². The lowest BCUT2D eigenvalue weighted by Gasteiger charge is -2.17. The third kappa shape index (κ3) is 5.65. The number of nitrogens with zero attached hydrogens (tertiary/aromatic N) is 1. The third-order valence-corrected chi connectivity index (χ3v) is 5.01. The highest BCUT2D eigenvalue weighted by Crippen LogP contribution is 2.19. The van der Waals surface area contributed by atoms with E-state index in [1.807, 2.05) is 6.92 Å². The smallest absolute Gasteiger partial charge is 0.242 e. The molecule has 0 radical (unpaired) electrons. The van der Waals surface area contributed by atoms with Crippen molar-refractivity contribution < 1.29 is 18.3 Å². The Morgan fingerprint density at radius 2 is 1.81 bits per heavy atom. The van der Waals surface area contributed by atoms with Crippen LogP contribution in [0, 0.1) is 0 Å². The molecule has 0 saturated carbocycles.